The van der Waals surface area contributed by atoms with E-state index in [0.717, 1.165) is 17.6 Å². The lowest BCUT2D eigenvalue weighted by molar-refractivity contribution is -0.384. The number of nitro groups is 1. The Morgan fingerprint density at radius 3 is 2.40 bits per heavy atom. The molecule has 3 aromatic rings. The largest absolute Gasteiger partial charge is 0.496 e. The van der Waals surface area contributed by atoms with Crippen molar-refractivity contribution in [3.8, 4) is 23.0 Å². The van der Waals surface area contributed by atoms with E-state index in [1.165, 1.54) is 24.1 Å². The minimum absolute atomic E-state index is 0.0120. The number of non-ortho nitro benzene ring substituents is 1. The molecule has 6 rings (SSSR count). The number of carbonyl (C=O) groups is 2. The molecule has 6 unspecified atom stereocenters. The van der Waals surface area contributed by atoms with Gasteiger partial charge in [-0.3, -0.25) is 19.8 Å². The van der Waals surface area contributed by atoms with Crippen molar-refractivity contribution in [2.45, 2.75) is 75.7 Å². The summed E-state index contributed by atoms with van der Waals surface area (Å²) in [6.07, 6.45) is 9.98. The van der Waals surface area contributed by atoms with Crippen LogP contribution < -0.4 is 14.2 Å². The van der Waals surface area contributed by atoms with E-state index in [1.807, 2.05) is 12.1 Å². The maximum atomic E-state index is 14.5. The van der Waals surface area contributed by atoms with Gasteiger partial charge in [0, 0.05) is 49.8 Å². The van der Waals surface area contributed by atoms with E-state index in [2.05, 4.69) is 19.2 Å². The van der Waals surface area contributed by atoms with E-state index in [0.29, 0.717) is 84.6 Å². The van der Waals surface area contributed by atoms with Gasteiger partial charge >= 0.3 is 6.09 Å². The van der Waals surface area contributed by atoms with Crippen molar-refractivity contribution in [3.05, 3.63) is 124 Å². The summed E-state index contributed by atoms with van der Waals surface area (Å²) in [6, 6.07) is 15.6. The average Bonchev–Trinajstić information content (AvgIpc) is 3.35. The molecule has 0 bridgehead atoms. The molecule has 0 saturated heterocycles. The van der Waals surface area contributed by atoms with E-state index < -0.39 is 34.7 Å². The molecule has 0 radical (unpaired) electrons. The Hall–Kier alpha value is -6.11. The monoisotopic (exact) mass is 941 g/mol. The molecule has 3 aromatic carbocycles. The second-order valence-electron chi connectivity index (χ2n) is 16.8. The third kappa shape index (κ3) is 12.1. The Morgan fingerprint density at radius 2 is 1.71 bits per heavy atom. The number of hydrogen-bond acceptors (Lipinski definition) is 15. The van der Waals surface area contributed by atoms with Crippen LogP contribution in [-0.4, -0.2) is 115 Å². The Kier molecular flexibility index (Phi) is 19.1. The zero-order chi connectivity index (χ0) is 48.5. The van der Waals surface area contributed by atoms with Crippen molar-refractivity contribution in [1.29, 1.82) is 0 Å². The number of oxime groups is 1. The second kappa shape index (κ2) is 25.3. The predicted octanol–water partition coefficient (Wildman–Crippen LogP) is 8.07. The summed E-state index contributed by atoms with van der Waals surface area (Å²) in [4.78, 5) is 45.1. The SMILES string of the molecule is C=CCCOC(=O)N(CCOCCO)C1CC(=NOCc2ccc([N+](=O)[O-])cc2)C2=CC(CCCCO)C(CCCCO)C3c4cc(Oc5ccc(OC)c(C=O)c5)ccc4OC1(OCC=C)C23. The van der Waals surface area contributed by atoms with Crippen LogP contribution in [0.2, 0.25) is 0 Å². The van der Waals surface area contributed by atoms with Crippen molar-refractivity contribution in [2.75, 3.05) is 59.9 Å². The first-order chi connectivity index (χ1) is 33.2. The fourth-order valence-electron chi connectivity index (χ4n) is 9.63. The molecule has 17 heteroatoms. The van der Waals surface area contributed by atoms with Crippen LogP contribution in [-0.2, 0) is 25.7 Å². The van der Waals surface area contributed by atoms with Crippen LogP contribution in [0.15, 0.2) is 103 Å². The number of nitrogens with zero attached hydrogens (tertiary/aromatic N) is 3. The van der Waals surface area contributed by atoms with Gasteiger partial charge in [0.1, 0.15) is 35.6 Å². The summed E-state index contributed by atoms with van der Waals surface area (Å²) in [5, 5.41) is 45.7. The third-order valence-corrected chi connectivity index (χ3v) is 12.6. The number of hydrogen-bond donors (Lipinski definition) is 3. The van der Waals surface area contributed by atoms with Crippen molar-refractivity contribution >= 4 is 23.8 Å². The van der Waals surface area contributed by atoms with E-state index >= 15 is 0 Å². The highest BCUT2D eigenvalue weighted by atomic mass is 16.7. The summed E-state index contributed by atoms with van der Waals surface area (Å²) in [7, 11) is 1.49. The van der Waals surface area contributed by atoms with Gasteiger partial charge in [-0.25, -0.2) is 4.79 Å². The van der Waals surface area contributed by atoms with Crippen molar-refractivity contribution in [2.24, 2.45) is 22.9 Å². The van der Waals surface area contributed by atoms with E-state index in [9.17, 15) is 35.0 Å². The van der Waals surface area contributed by atoms with Crippen LogP contribution in [0.4, 0.5) is 10.5 Å². The number of methoxy groups -OCH3 is 1. The smallest absolute Gasteiger partial charge is 0.410 e. The normalized spacial score (nSPS) is 21.9. The van der Waals surface area contributed by atoms with E-state index in [4.69, 9.17) is 38.4 Å². The number of unbranched alkanes of at least 4 members (excludes halogenated alkanes) is 2. The summed E-state index contributed by atoms with van der Waals surface area (Å²) in [5.74, 6) is -1.05. The second-order valence-corrected chi connectivity index (χ2v) is 16.8. The number of aldehydes is 1. The summed E-state index contributed by atoms with van der Waals surface area (Å²) in [5.41, 5.74) is 3.01. The molecule has 68 heavy (non-hydrogen) atoms. The third-order valence-electron chi connectivity index (χ3n) is 12.6. The Balaban J connectivity index is 1.57. The minimum atomic E-state index is -1.61. The number of fused-ring (bicyclic) bond motifs is 2. The number of rotatable bonds is 28. The molecule has 17 nitrogen and oxygen atoms in total. The van der Waals surface area contributed by atoms with Gasteiger partial charge in [-0.2, -0.15) is 0 Å². The number of allylic oxidation sites excluding steroid dienone is 1. The number of carbonyl (C=O) groups excluding carboxylic acids is 2. The van der Waals surface area contributed by atoms with Gasteiger partial charge in [0.2, 0.25) is 5.79 Å². The molecule has 2 aliphatic carbocycles. The number of ether oxygens (including phenoxy) is 6. The summed E-state index contributed by atoms with van der Waals surface area (Å²) >= 11 is 0. The van der Waals surface area contributed by atoms with Gasteiger partial charge in [-0.1, -0.05) is 36.2 Å². The molecule has 366 valence electrons. The molecule has 1 amide bonds. The molecule has 0 spiro atoms. The highest BCUT2D eigenvalue weighted by Gasteiger charge is 2.65. The molecule has 3 aliphatic rings. The van der Waals surface area contributed by atoms with Crippen LogP contribution in [0, 0.1) is 27.9 Å². The van der Waals surface area contributed by atoms with Crippen LogP contribution >= 0.6 is 0 Å². The molecule has 3 N–H and O–H groups in total. The van der Waals surface area contributed by atoms with Gasteiger partial charge < -0.3 is 48.6 Å². The zero-order valence-corrected chi connectivity index (χ0v) is 38.6. The Labute approximate surface area is 396 Å². The fourth-order valence-corrected chi connectivity index (χ4v) is 9.63. The maximum Gasteiger partial charge on any atom is 0.410 e. The van der Waals surface area contributed by atoms with Gasteiger partial charge in [0.05, 0.1) is 62.3 Å². The first-order valence-corrected chi connectivity index (χ1v) is 23.1. The number of nitro benzene ring substituents is 1. The highest BCUT2D eigenvalue weighted by Crippen LogP contribution is 2.62. The van der Waals surface area contributed by atoms with Gasteiger partial charge in [-0.05, 0) is 104 Å². The Morgan fingerprint density at radius 1 is 0.956 bits per heavy atom. The average molecular weight is 942 g/mol. The zero-order valence-electron chi connectivity index (χ0n) is 38.6. The lowest BCUT2D eigenvalue weighted by Gasteiger charge is -2.59. The molecule has 1 fully saturated rings. The topological polar surface area (TPSA) is 218 Å². The van der Waals surface area contributed by atoms with Gasteiger partial charge in [0.15, 0.2) is 6.29 Å². The molecule has 1 aliphatic heterocycles. The first-order valence-electron chi connectivity index (χ1n) is 23.1. The molecule has 1 heterocycles. The molecule has 1 saturated carbocycles. The van der Waals surface area contributed by atoms with Crippen molar-refractivity contribution < 1.29 is 63.1 Å². The van der Waals surface area contributed by atoms with Crippen LogP contribution in [0.3, 0.4) is 0 Å². The van der Waals surface area contributed by atoms with Gasteiger partial charge in [0.25, 0.3) is 5.69 Å². The highest BCUT2D eigenvalue weighted by molar-refractivity contribution is 6.03. The summed E-state index contributed by atoms with van der Waals surface area (Å²) in [6.45, 7) is 7.74. The minimum Gasteiger partial charge on any atom is -0.496 e. The predicted molar refractivity (Wildman–Crippen MR) is 252 cm³/mol. The molecule has 6 atom stereocenters. The first kappa shape index (κ1) is 51.3. The van der Waals surface area contributed by atoms with Gasteiger partial charge in [-0.15, -0.1) is 13.2 Å². The van der Waals surface area contributed by atoms with E-state index in [1.54, 1.807) is 48.6 Å². The number of aliphatic hydroxyl groups is 3. The number of aliphatic hydroxyl groups excluding tert-OH is 3. The number of amides is 1. The van der Waals surface area contributed by atoms with Crippen LogP contribution in [0.5, 0.6) is 23.0 Å². The lowest BCUT2D eigenvalue weighted by Crippen LogP contribution is -2.70. The lowest BCUT2D eigenvalue weighted by atomic mass is 9.55. The summed E-state index contributed by atoms with van der Waals surface area (Å²) < 4.78 is 37.7. The van der Waals surface area contributed by atoms with Crippen LogP contribution in [0.25, 0.3) is 0 Å². The Bertz CT molecular complexity index is 2250. The fraction of sp³-hybridized carbons (Fsp3) is 0.471. The van der Waals surface area contributed by atoms with Crippen LogP contribution in [0.1, 0.15) is 78.8 Å². The van der Waals surface area contributed by atoms with Crippen molar-refractivity contribution in [1.82, 2.24) is 4.90 Å². The van der Waals surface area contributed by atoms with E-state index in [-0.39, 0.29) is 83.3 Å². The quantitative estimate of drug-likeness (QED) is 0.0206. The number of benzene rings is 3. The molecule has 0 aromatic heterocycles. The van der Waals surface area contributed by atoms with Crippen molar-refractivity contribution in [3.63, 3.8) is 0 Å². The molecular formula is C51H63N3O14. The maximum absolute atomic E-state index is 14.5. The standard InChI is InChI=1S/C51H63N3O14/c1-4-6-26-64-50(59)53(21-27-63-28-24-57)47-32-44(52-66-34-35-13-15-38(16-14-35)54(60)61)42-30-36(11-7-9-22-55)41(12-8-10-23-56)48-43-31-40(67-39-17-19-45(62-3)37(29-39)33-58)18-20-46(43)68-51(47,49(42)48)65-25-5-2/h4-5,13-20,29-31,33,36,41,47-49,55-57H,1-2,6-12,21-28,32,34H2,3H3. The molecular weight excluding hydrogens is 879 g/mol.